The molecule has 0 radical (unpaired) electrons. The quantitative estimate of drug-likeness (QED) is 0.710. The maximum atomic E-state index is 2.43. The van der Waals surface area contributed by atoms with Crippen molar-refractivity contribution in [1.29, 1.82) is 0 Å². The fraction of sp³-hybridized carbons (Fsp3) is 0.778. The summed E-state index contributed by atoms with van der Waals surface area (Å²) >= 11 is 2.26. The van der Waals surface area contributed by atoms with Crippen LogP contribution in [0.25, 0.3) is 0 Å². The Morgan fingerprint density at radius 2 is 1.91 bits per heavy atom. The highest BCUT2D eigenvalue weighted by atomic mass is 127. The minimum Gasteiger partial charge on any atom is -0.295 e. The van der Waals surface area contributed by atoms with E-state index in [1.807, 2.05) is 0 Å². The van der Waals surface area contributed by atoms with Crippen molar-refractivity contribution in [2.24, 2.45) is 0 Å². The van der Waals surface area contributed by atoms with Crippen LogP contribution >= 0.6 is 22.6 Å². The molecule has 0 aromatic rings. The SMILES string of the molecule is CCN(C/C=C\I)C(C)(C)C. The second kappa shape index (κ2) is 5.14. The van der Waals surface area contributed by atoms with E-state index in [0.717, 1.165) is 13.1 Å². The summed E-state index contributed by atoms with van der Waals surface area (Å²) in [6.07, 6.45) is 2.19. The zero-order chi connectivity index (χ0) is 8.91. The second-order valence-corrected chi connectivity index (χ2v) is 4.29. The minimum absolute atomic E-state index is 0.297. The topological polar surface area (TPSA) is 3.24 Å². The highest BCUT2D eigenvalue weighted by Crippen LogP contribution is 2.11. The van der Waals surface area contributed by atoms with Crippen LogP contribution in [-0.4, -0.2) is 23.5 Å². The number of rotatable bonds is 3. The van der Waals surface area contributed by atoms with Crippen molar-refractivity contribution in [2.45, 2.75) is 33.2 Å². The zero-order valence-corrected chi connectivity index (χ0v) is 10.1. The number of hydrogen-bond acceptors (Lipinski definition) is 1. The van der Waals surface area contributed by atoms with E-state index in [0.29, 0.717) is 5.54 Å². The lowest BCUT2D eigenvalue weighted by atomic mass is 10.1. The summed E-state index contributed by atoms with van der Waals surface area (Å²) in [5.41, 5.74) is 0.297. The van der Waals surface area contributed by atoms with E-state index in [1.54, 1.807) is 0 Å². The molecular formula is C9H18IN. The summed E-state index contributed by atoms with van der Waals surface area (Å²) in [7, 11) is 0. The normalized spacial score (nSPS) is 13.3. The lowest BCUT2D eigenvalue weighted by molar-refractivity contribution is 0.163. The fourth-order valence-electron chi connectivity index (χ4n) is 1.04. The van der Waals surface area contributed by atoms with Crippen LogP contribution in [0.4, 0.5) is 0 Å². The van der Waals surface area contributed by atoms with Gasteiger partial charge < -0.3 is 0 Å². The molecule has 0 aliphatic rings. The molecule has 0 aliphatic heterocycles. The first-order valence-electron chi connectivity index (χ1n) is 4.02. The van der Waals surface area contributed by atoms with E-state index < -0.39 is 0 Å². The molecule has 0 unspecified atom stereocenters. The van der Waals surface area contributed by atoms with Crippen LogP contribution < -0.4 is 0 Å². The Bertz CT molecular complexity index is 124. The predicted molar refractivity (Wildman–Crippen MR) is 60.2 cm³/mol. The molecule has 11 heavy (non-hydrogen) atoms. The van der Waals surface area contributed by atoms with Crippen molar-refractivity contribution in [3.8, 4) is 0 Å². The Balaban J connectivity index is 3.96. The van der Waals surface area contributed by atoms with Crippen molar-refractivity contribution >= 4 is 22.6 Å². The molecule has 0 N–H and O–H groups in total. The van der Waals surface area contributed by atoms with Crippen molar-refractivity contribution in [3.05, 3.63) is 10.2 Å². The number of likely N-dealkylation sites (N-methyl/N-ethyl adjacent to an activating group) is 1. The number of nitrogens with zero attached hydrogens (tertiary/aromatic N) is 1. The van der Waals surface area contributed by atoms with Gasteiger partial charge in [0.2, 0.25) is 0 Å². The summed E-state index contributed by atoms with van der Waals surface area (Å²) in [5, 5.41) is 0. The number of halogens is 1. The summed E-state index contributed by atoms with van der Waals surface area (Å²) < 4.78 is 2.08. The van der Waals surface area contributed by atoms with E-state index >= 15 is 0 Å². The third kappa shape index (κ3) is 4.80. The molecule has 0 aromatic carbocycles. The molecule has 0 aliphatic carbocycles. The van der Waals surface area contributed by atoms with E-state index in [9.17, 15) is 0 Å². The van der Waals surface area contributed by atoms with Crippen LogP contribution in [-0.2, 0) is 0 Å². The van der Waals surface area contributed by atoms with Crippen molar-refractivity contribution in [3.63, 3.8) is 0 Å². The average molecular weight is 267 g/mol. The molecule has 0 spiro atoms. The first-order chi connectivity index (χ1) is 5.02. The van der Waals surface area contributed by atoms with Gasteiger partial charge in [0.05, 0.1) is 0 Å². The molecule has 1 nitrogen and oxygen atoms in total. The maximum Gasteiger partial charge on any atom is 0.0175 e. The Morgan fingerprint density at radius 3 is 2.18 bits per heavy atom. The van der Waals surface area contributed by atoms with E-state index in [2.05, 4.69) is 65.3 Å². The van der Waals surface area contributed by atoms with Gasteiger partial charge in [-0.2, -0.15) is 0 Å². The summed E-state index contributed by atoms with van der Waals surface area (Å²) in [4.78, 5) is 2.43. The molecule has 0 bridgehead atoms. The van der Waals surface area contributed by atoms with Gasteiger partial charge in [-0.3, -0.25) is 4.90 Å². The van der Waals surface area contributed by atoms with Gasteiger partial charge >= 0.3 is 0 Å². The fourth-order valence-corrected chi connectivity index (χ4v) is 1.27. The first kappa shape index (κ1) is 11.4. The molecule has 0 saturated heterocycles. The zero-order valence-electron chi connectivity index (χ0n) is 7.89. The number of hydrogen-bond donors (Lipinski definition) is 0. The molecule has 0 saturated carbocycles. The Labute approximate surface area is 84.0 Å². The van der Waals surface area contributed by atoms with E-state index in [-0.39, 0.29) is 0 Å². The monoisotopic (exact) mass is 267 g/mol. The molecule has 0 rings (SSSR count). The summed E-state index contributed by atoms with van der Waals surface area (Å²) in [5.74, 6) is 0. The van der Waals surface area contributed by atoms with Crippen LogP contribution in [0.1, 0.15) is 27.7 Å². The Morgan fingerprint density at radius 1 is 1.36 bits per heavy atom. The van der Waals surface area contributed by atoms with Gasteiger partial charge in [0.1, 0.15) is 0 Å². The van der Waals surface area contributed by atoms with Gasteiger partial charge in [-0.15, -0.1) is 0 Å². The van der Waals surface area contributed by atoms with Crippen LogP contribution in [0.15, 0.2) is 10.2 Å². The van der Waals surface area contributed by atoms with E-state index in [1.165, 1.54) is 0 Å². The molecule has 66 valence electrons. The van der Waals surface area contributed by atoms with Gasteiger partial charge in [0, 0.05) is 12.1 Å². The van der Waals surface area contributed by atoms with Crippen molar-refractivity contribution < 1.29 is 0 Å². The Kier molecular flexibility index (Phi) is 5.34. The molecule has 0 amide bonds. The third-order valence-electron chi connectivity index (χ3n) is 1.75. The molecule has 0 atom stereocenters. The van der Waals surface area contributed by atoms with Crippen molar-refractivity contribution in [2.75, 3.05) is 13.1 Å². The van der Waals surface area contributed by atoms with Crippen LogP contribution in [0.2, 0.25) is 0 Å². The van der Waals surface area contributed by atoms with Crippen LogP contribution in [0.3, 0.4) is 0 Å². The summed E-state index contributed by atoms with van der Waals surface area (Å²) in [6.45, 7) is 11.1. The predicted octanol–water partition coefficient (Wildman–Crippen LogP) is 3.06. The minimum atomic E-state index is 0.297. The van der Waals surface area contributed by atoms with Gasteiger partial charge in [-0.05, 0) is 31.4 Å². The standard InChI is InChI=1S/C9H18IN/c1-5-11(8-6-7-10)9(2,3)4/h6-7H,5,8H2,1-4H3/b7-6-. The molecule has 2 heteroatoms. The first-order valence-corrected chi connectivity index (χ1v) is 5.27. The van der Waals surface area contributed by atoms with Crippen LogP contribution in [0, 0.1) is 0 Å². The second-order valence-electron chi connectivity index (χ2n) is 3.57. The van der Waals surface area contributed by atoms with Gasteiger partial charge in [-0.1, -0.05) is 35.6 Å². The largest absolute Gasteiger partial charge is 0.295 e. The lowest BCUT2D eigenvalue weighted by Crippen LogP contribution is -2.41. The maximum absolute atomic E-state index is 2.43. The summed E-state index contributed by atoms with van der Waals surface area (Å²) in [6, 6.07) is 0. The highest BCUT2D eigenvalue weighted by molar-refractivity contribution is 14.1. The van der Waals surface area contributed by atoms with E-state index in [4.69, 9.17) is 0 Å². The third-order valence-corrected chi connectivity index (χ3v) is 2.25. The van der Waals surface area contributed by atoms with Gasteiger partial charge in [0.15, 0.2) is 0 Å². The lowest BCUT2D eigenvalue weighted by Gasteiger charge is -2.33. The van der Waals surface area contributed by atoms with Gasteiger partial charge in [-0.25, -0.2) is 0 Å². The van der Waals surface area contributed by atoms with Crippen LogP contribution in [0.5, 0.6) is 0 Å². The van der Waals surface area contributed by atoms with Crippen molar-refractivity contribution in [1.82, 2.24) is 4.90 Å². The molecule has 0 heterocycles. The molecule has 0 aromatic heterocycles. The highest BCUT2D eigenvalue weighted by Gasteiger charge is 2.17. The molecule has 0 fully saturated rings. The Hall–Kier alpha value is 0.430. The smallest absolute Gasteiger partial charge is 0.0175 e. The average Bonchev–Trinajstić information content (AvgIpc) is 1.87. The van der Waals surface area contributed by atoms with Gasteiger partial charge in [0.25, 0.3) is 0 Å². The molecular weight excluding hydrogens is 249 g/mol.